The minimum Gasteiger partial charge on any atom is -0.465 e. The molecule has 7 heteroatoms. The summed E-state index contributed by atoms with van der Waals surface area (Å²) in [5.41, 5.74) is -1.10. The number of unbranched alkanes of at least 4 members (excludes halogenated alkanes) is 1. The van der Waals surface area contributed by atoms with E-state index in [4.69, 9.17) is 9.47 Å². The van der Waals surface area contributed by atoms with Gasteiger partial charge in [0.25, 0.3) is 0 Å². The highest BCUT2D eigenvalue weighted by Crippen LogP contribution is 2.17. The molecule has 0 aliphatic heterocycles. The summed E-state index contributed by atoms with van der Waals surface area (Å²) < 4.78 is 10.2. The van der Waals surface area contributed by atoms with Gasteiger partial charge in [-0.2, -0.15) is 0 Å². The average Bonchev–Trinajstić information content (AvgIpc) is 2.51. The van der Waals surface area contributed by atoms with Gasteiger partial charge in [-0.25, -0.2) is 0 Å². The summed E-state index contributed by atoms with van der Waals surface area (Å²) in [4.78, 5) is 23.2. The smallest absolute Gasteiger partial charge is 0.311 e. The van der Waals surface area contributed by atoms with Crippen LogP contribution in [0.1, 0.15) is 80.1 Å². The molecular formula is C21H40O7. The van der Waals surface area contributed by atoms with Crippen molar-refractivity contribution >= 4 is 11.9 Å². The van der Waals surface area contributed by atoms with Gasteiger partial charge in [0.1, 0.15) is 0 Å². The fraction of sp³-hybridized carbons (Fsp3) is 0.905. The molecule has 0 aromatic carbocycles. The molecule has 28 heavy (non-hydrogen) atoms. The molecule has 0 aliphatic carbocycles. The van der Waals surface area contributed by atoms with Crippen LogP contribution in [0.2, 0.25) is 0 Å². The first-order valence-corrected chi connectivity index (χ1v) is 10.1. The van der Waals surface area contributed by atoms with Crippen molar-refractivity contribution in [2.45, 2.75) is 98.4 Å². The number of hydrogen-bond donors (Lipinski definition) is 3. The summed E-state index contributed by atoms with van der Waals surface area (Å²) in [7, 11) is 0. The van der Waals surface area contributed by atoms with E-state index in [1.807, 2.05) is 0 Å². The third-order valence-electron chi connectivity index (χ3n) is 4.16. The van der Waals surface area contributed by atoms with Crippen LogP contribution in [0, 0.1) is 10.8 Å². The molecule has 0 rings (SSSR count). The number of hydrogen-bond acceptors (Lipinski definition) is 7. The van der Waals surface area contributed by atoms with E-state index in [2.05, 4.69) is 0 Å². The van der Waals surface area contributed by atoms with Crippen molar-refractivity contribution in [3.8, 4) is 0 Å². The van der Waals surface area contributed by atoms with Crippen molar-refractivity contribution in [1.29, 1.82) is 0 Å². The van der Waals surface area contributed by atoms with Crippen LogP contribution in [0.15, 0.2) is 0 Å². The highest BCUT2D eigenvalue weighted by Gasteiger charge is 2.24. The quantitative estimate of drug-likeness (QED) is 0.338. The predicted molar refractivity (Wildman–Crippen MR) is 107 cm³/mol. The van der Waals surface area contributed by atoms with Crippen LogP contribution in [-0.2, 0) is 19.1 Å². The second kappa shape index (κ2) is 12.4. The van der Waals surface area contributed by atoms with Crippen LogP contribution in [0.3, 0.4) is 0 Å². The number of esters is 2. The fourth-order valence-corrected chi connectivity index (χ4v) is 2.33. The van der Waals surface area contributed by atoms with Crippen LogP contribution in [-0.4, -0.2) is 58.8 Å². The lowest BCUT2D eigenvalue weighted by Crippen LogP contribution is -2.26. The van der Waals surface area contributed by atoms with E-state index in [9.17, 15) is 24.9 Å². The molecule has 0 saturated carbocycles. The third kappa shape index (κ3) is 13.1. The largest absolute Gasteiger partial charge is 0.465 e. The van der Waals surface area contributed by atoms with Gasteiger partial charge < -0.3 is 24.8 Å². The summed E-state index contributed by atoms with van der Waals surface area (Å²) in [6, 6.07) is 0. The van der Waals surface area contributed by atoms with Gasteiger partial charge in [0.05, 0.1) is 42.4 Å². The second-order valence-corrected chi connectivity index (χ2v) is 9.49. The highest BCUT2D eigenvalue weighted by molar-refractivity contribution is 5.75. The van der Waals surface area contributed by atoms with Crippen LogP contribution < -0.4 is 0 Å². The molecular weight excluding hydrogens is 364 g/mol. The molecule has 166 valence electrons. The molecule has 0 spiro atoms. The molecule has 3 N–H and O–H groups in total. The Morgan fingerprint density at radius 3 is 1.57 bits per heavy atom. The number of rotatable bonds is 12. The summed E-state index contributed by atoms with van der Waals surface area (Å²) in [6.07, 6.45) is 0.0341. The molecule has 0 radical (unpaired) electrons. The molecule has 0 fully saturated rings. The van der Waals surface area contributed by atoms with Crippen molar-refractivity contribution in [2.75, 3.05) is 13.2 Å². The first kappa shape index (κ1) is 26.8. The molecule has 0 unspecified atom stereocenters. The summed E-state index contributed by atoms with van der Waals surface area (Å²) in [5, 5.41) is 29.9. The summed E-state index contributed by atoms with van der Waals surface area (Å²) in [6.45, 7) is 11.1. The van der Waals surface area contributed by atoms with Crippen molar-refractivity contribution in [3.63, 3.8) is 0 Å². The van der Waals surface area contributed by atoms with Gasteiger partial charge in [0.15, 0.2) is 0 Å². The monoisotopic (exact) mass is 404 g/mol. The Labute approximate surface area is 169 Å². The minimum atomic E-state index is -0.831. The SMILES string of the molecule is CC(C)(C)C(=O)OCCCC[C@@H](O)C[C@H](O)C[C@@H](O)CCOC(=O)C(C)(C)C. The standard InChI is InChI=1S/C21H40O7/c1-20(2,3)18(25)27-11-8-7-9-15(22)13-17(24)14-16(23)10-12-28-19(26)21(4,5)6/h15-17,22-24H,7-14H2,1-6H3/t15-,16+,17+/m1/s1. The molecule has 0 saturated heterocycles. The lowest BCUT2D eigenvalue weighted by atomic mass is 9.97. The molecule has 0 aromatic rings. The molecule has 0 aliphatic rings. The maximum absolute atomic E-state index is 11.6. The molecule has 0 bridgehead atoms. The van der Waals surface area contributed by atoms with Crippen molar-refractivity contribution in [1.82, 2.24) is 0 Å². The Kier molecular flexibility index (Phi) is 11.9. The minimum absolute atomic E-state index is 0.0971. The normalized spacial score (nSPS) is 15.6. The van der Waals surface area contributed by atoms with Gasteiger partial charge in [0, 0.05) is 6.42 Å². The van der Waals surface area contributed by atoms with E-state index in [-0.39, 0.29) is 37.8 Å². The molecule has 0 heterocycles. The molecule has 7 nitrogen and oxygen atoms in total. The topological polar surface area (TPSA) is 113 Å². The lowest BCUT2D eigenvalue weighted by molar-refractivity contribution is -0.154. The van der Waals surface area contributed by atoms with E-state index < -0.39 is 29.1 Å². The number of aliphatic hydroxyl groups is 3. The zero-order valence-corrected chi connectivity index (χ0v) is 18.4. The molecule has 3 atom stereocenters. The van der Waals surface area contributed by atoms with Gasteiger partial charge in [-0.1, -0.05) is 0 Å². The number of ether oxygens (including phenoxy) is 2. The summed E-state index contributed by atoms with van der Waals surface area (Å²) >= 11 is 0. The van der Waals surface area contributed by atoms with Crippen molar-refractivity contribution in [2.24, 2.45) is 10.8 Å². The first-order valence-electron chi connectivity index (χ1n) is 10.1. The number of aliphatic hydroxyl groups excluding tert-OH is 3. The second-order valence-electron chi connectivity index (χ2n) is 9.49. The summed E-state index contributed by atoms with van der Waals surface area (Å²) in [5.74, 6) is -0.575. The van der Waals surface area contributed by atoms with Gasteiger partial charge in [-0.15, -0.1) is 0 Å². The Balaban J connectivity index is 3.86. The Hall–Kier alpha value is -1.18. The van der Waals surface area contributed by atoms with Crippen LogP contribution in [0.5, 0.6) is 0 Å². The van der Waals surface area contributed by atoms with E-state index in [1.165, 1.54) is 0 Å². The Bertz CT molecular complexity index is 462. The van der Waals surface area contributed by atoms with Crippen LogP contribution in [0.4, 0.5) is 0 Å². The number of carbonyl (C=O) groups excluding carboxylic acids is 2. The van der Waals surface area contributed by atoms with Gasteiger partial charge in [-0.3, -0.25) is 9.59 Å². The predicted octanol–water partition coefficient (Wildman–Crippen LogP) is 2.59. The third-order valence-corrected chi connectivity index (χ3v) is 4.16. The first-order chi connectivity index (χ1) is 12.7. The number of carbonyl (C=O) groups is 2. The van der Waals surface area contributed by atoms with Crippen molar-refractivity contribution < 1.29 is 34.4 Å². The van der Waals surface area contributed by atoms with Crippen LogP contribution in [0.25, 0.3) is 0 Å². The zero-order chi connectivity index (χ0) is 22.0. The maximum atomic E-state index is 11.6. The molecule has 0 amide bonds. The average molecular weight is 405 g/mol. The van der Waals surface area contributed by atoms with E-state index in [0.717, 1.165) is 0 Å². The van der Waals surface area contributed by atoms with Gasteiger partial charge in [0.2, 0.25) is 0 Å². The van der Waals surface area contributed by atoms with Gasteiger partial charge in [-0.05, 0) is 73.6 Å². The van der Waals surface area contributed by atoms with Crippen molar-refractivity contribution in [3.05, 3.63) is 0 Å². The fourth-order valence-electron chi connectivity index (χ4n) is 2.33. The van der Waals surface area contributed by atoms with E-state index >= 15 is 0 Å². The van der Waals surface area contributed by atoms with E-state index in [1.54, 1.807) is 41.5 Å². The zero-order valence-electron chi connectivity index (χ0n) is 18.4. The Morgan fingerprint density at radius 2 is 1.11 bits per heavy atom. The lowest BCUT2D eigenvalue weighted by Gasteiger charge is -2.20. The van der Waals surface area contributed by atoms with Crippen LogP contribution >= 0.6 is 0 Å². The Morgan fingerprint density at radius 1 is 0.679 bits per heavy atom. The van der Waals surface area contributed by atoms with E-state index in [0.29, 0.717) is 25.9 Å². The highest BCUT2D eigenvalue weighted by atomic mass is 16.5. The van der Waals surface area contributed by atoms with Gasteiger partial charge >= 0.3 is 11.9 Å². The molecule has 0 aromatic heterocycles. The maximum Gasteiger partial charge on any atom is 0.311 e.